The standard InChI is InChI=1S/C17H27N3O/c1-5-14(2)6-7-16-13-21-18-17(16)20(4)12-15-8-10-19(3)11-9-15/h5-7,15H,1,8-13H2,2-4H3/b14-6-,16-7?. The van der Waals surface area contributed by atoms with Crippen molar-refractivity contribution in [3.8, 4) is 0 Å². The Balaban J connectivity index is 1.94. The van der Waals surface area contributed by atoms with Crippen molar-refractivity contribution >= 4 is 5.84 Å². The van der Waals surface area contributed by atoms with Crippen molar-refractivity contribution in [2.75, 3.05) is 40.3 Å². The Morgan fingerprint density at radius 1 is 1.48 bits per heavy atom. The fraction of sp³-hybridized carbons (Fsp3) is 0.588. The number of oxime groups is 1. The number of nitrogens with zero attached hydrogens (tertiary/aromatic N) is 3. The molecule has 2 rings (SSSR count). The van der Waals surface area contributed by atoms with Crippen LogP contribution in [0.5, 0.6) is 0 Å². The molecule has 0 aromatic rings. The quantitative estimate of drug-likeness (QED) is 0.745. The SMILES string of the molecule is C=C/C(C)=C\C=C1CON=C1N(C)CC1CCN(C)CC1. The van der Waals surface area contributed by atoms with Crippen LogP contribution in [-0.2, 0) is 4.84 Å². The van der Waals surface area contributed by atoms with Crippen molar-refractivity contribution in [2.24, 2.45) is 11.1 Å². The van der Waals surface area contributed by atoms with Gasteiger partial charge in [-0.05, 0) is 45.8 Å². The van der Waals surface area contributed by atoms with Crippen molar-refractivity contribution in [3.05, 3.63) is 36.0 Å². The van der Waals surface area contributed by atoms with E-state index in [1.807, 2.05) is 13.0 Å². The molecule has 1 fully saturated rings. The van der Waals surface area contributed by atoms with Crippen LogP contribution in [-0.4, -0.2) is 56.0 Å². The van der Waals surface area contributed by atoms with Crippen molar-refractivity contribution < 1.29 is 4.84 Å². The van der Waals surface area contributed by atoms with Crippen LogP contribution in [0.1, 0.15) is 19.8 Å². The predicted molar refractivity (Wildman–Crippen MR) is 88.3 cm³/mol. The van der Waals surface area contributed by atoms with Crippen LogP contribution in [0.2, 0.25) is 0 Å². The summed E-state index contributed by atoms with van der Waals surface area (Å²) in [5.41, 5.74) is 2.29. The van der Waals surface area contributed by atoms with Crippen LogP contribution in [0.25, 0.3) is 0 Å². The lowest BCUT2D eigenvalue weighted by molar-refractivity contribution is 0.182. The second kappa shape index (κ2) is 7.46. The lowest BCUT2D eigenvalue weighted by Gasteiger charge is -2.32. The Hall–Kier alpha value is -1.55. The third-order valence-corrected chi connectivity index (χ3v) is 4.26. The van der Waals surface area contributed by atoms with E-state index >= 15 is 0 Å². The predicted octanol–water partition coefficient (Wildman–Crippen LogP) is 2.66. The second-order valence-corrected chi connectivity index (χ2v) is 6.12. The van der Waals surface area contributed by atoms with Gasteiger partial charge in [0, 0.05) is 19.2 Å². The summed E-state index contributed by atoms with van der Waals surface area (Å²) in [6.07, 6.45) is 8.54. The maximum Gasteiger partial charge on any atom is 0.174 e. The first kappa shape index (κ1) is 15.8. The maximum absolute atomic E-state index is 5.28. The van der Waals surface area contributed by atoms with E-state index in [2.05, 4.69) is 47.8 Å². The van der Waals surface area contributed by atoms with Crippen LogP contribution < -0.4 is 0 Å². The summed E-state index contributed by atoms with van der Waals surface area (Å²) in [4.78, 5) is 9.92. The van der Waals surface area contributed by atoms with E-state index in [1.54, 1.807) is 0 Å². The molecular formula is C17H27N3O. The van der Waals surface area contributed by atoms with Crippen LogP contribution in [0.4, 0.5) is 0 Å². The summed E-state index contributed by atoms with van der Waals surface area (Å²) in [6.45, 7) is 9.83. The molecule has 0 N–H and O–H groups in total. The van der Waals surface area contributed by atoms with E-state index in [9.17, 15) is 0 Å². The summed E-state index contributed by atoms with van der Waals surface area (Å²) in [7, 11) is 4.31. The van der Waals surface area contributed by atoms with E-state index in [1.165, 1.54) is 25.9 Å². The Bertz CT molecular complexity index is 457. The van der Waals surface area contributed by atoms with Crippen molar-refractivity contribution in [2.45, 2.75) is 19.8 Å². The van der Waals surface area contributed by atoms with Crippen LogP contribution in [0, 0.1) is 5.92 Å². The highest BCUT2D eigenvalue weighted by molar-refractivity contribution is 5.99. The number of hydrogen-bond acceptors (Lipinski definition) is 4. The van der Waals surface area contributed by atoms with Gasteiger partial charge < -0.3 is 14.6 Å². The fourth-order valence-electron chi connectivity index (χ4n) is 2.74. The van der Waals surface area contributed by atoms with Gasteiger partial charge in [0.15, 0.2) is 5.84 Å². The van der Waals surface area contributed by atoms with E-state index in [4.69, 9.17) is 4.84 Å². The summed E-state index contributed by atoms with van der Waals surface area (Å²) < 4.78 is 0. The molecule has 21 heavy (non-hydrogen) atoms. The molecule has 0 spiro atoms. The van der Waals surface area contributed by atoms with Crippen LogP contribution >= 0.6 is 0 Å². The first-order valence-corrected chi connectivity index (χ1v) is 7.70. The number of rotatable bonds is 4. The first-order chi connectivity index (χ1) is 10.1. The minimum Gasteiger partial charge on any atom is -0.389 e. The van der Waals surface area contributed by atoms with Crippen molar-refractivity contribution in [1.82, 2.24) is 9.80 Å². The summed E-state index contributed by atoms with van der Waals surface area (Å²) >= 11 is 0. The fourth-order valence-corrected chi connectivity index (χ4v) is 2.74. The zero-order valence-corrected chi connectivity index (χ0v) is 13.5. The van der Waals surface area contributed by atoms with E-state index < -0.39 is 0 Å². The Kier molecular flexibility index (Phi) is 5.62. The van der Waals surface area contributed by atoms with Crippen LogP contribution in [0.3, 0.4) is 0 Å². The monoisotopic (exact) mass is 289 g/mol. The number of likely N-dealkylation sites (tertiary alicyclic amines) is 1. The molecule has 0 radical (unpaired) electrons. The van der Waals surface area contributed by atoms with Gasteiger partial charge in [-0.1, -0.05) is 35.5 Å². The van der Waals surface area contributed by atoms with Gasteiger partial charge >= 0.3 is 0 Å². The molecule has 0 aliphatic carbocycles. The van der Waals surface area contributed by atoms with E-state index in [0.717, 1.165) is 29.4 Å². The number of piperidine rings is 1. The van der Waals surface area contributed by atoms with Gasteiger partial charge in [-0.2, -0.15) is 0 Å². The Morgan fingerprint density at radius 3 is 2.86 bits per heavy atom. The molecule has 4 heteroatoms. The second-order valence-electron chi connectivity index (χ2n) is 6.12. The topological polar surface area (TPSA) is 28.1 Å². The average molecular weight is 289 g/mol. The summed E-state index contributed by atoms with van der Waals surface area (Å²) in [6, 6.07) is 0. The van der Waals surface area contributed by atoms with Gasteiger partial charge in [0.25, 0.3) is 0 Å². The third kappa shape index (κ3) is 4.46. The molecular weight excluding hydrogens is 262 g/mol. The first-order valence-electron chi connectivity index (χ1n) is 7.70. The Labute approximate surface area is 128 Å². The largest absolute Gasteiger partial charge is 0.389 e. The normalized spacial score (nSPS) is 23.1. The highest BCUT2D eigenvalue weighted by Gasteiger charge is 2.23. The summed E-state index contributed by atoms with van der Waals surface area (Å²) in [5, 5.41) is 4.21. The van der Waals surface area contributed by atoms with Crippen LogP contribution in [0.15, 0.2) is 41.1 Å². The lowest BCUT2D eigenvalue weighted by atomic mass is 9.96. The lowest BCUT2D eigenvalue weighted by Crippen LogP contribution is -2.38. The minimum absolute atomic E-state index is 0.563. The highest BCUT2D eigenvalue weighted by Crippen LogP contribution is 2.19. The Morgan fingerprint density at radius 2 is 2.19 bits per heavy atom. The van der Waals surface area contributed by atoms with Gasteiger partial charge in [-0.25, -0.2) is 0 Å². The molecule has 0 atom stereocenters. The van der Waals surface area contributed by atoms with E-state index in [0.29, 0.717) is 6.61 Å². The number of likely N-dealkylation sites (N-methyl/N-ethyl adjacent to an activating group) is 1. The molecule has 2 heterocycles. The molecule has 0 aromatic heterocycles. The maximum atomic E-state index is 5.28. The van der Waals surface area contributed by atoms with Gasteiger partial charge in [-0.15, -0.1) is 0 Å². The molecule has 0 unspecified atom stereocenters. The molecule has 4 nitrogen and oxygen atoms in total. The minimum atomic E-state index is 0.563. The number of amidine groups is 1. The van der Waals surface area contributed by atoms with Gasteiger partial charge in [0.2, 0.25) is 0 Å². The third-order valence-electron chi connectivity index (χ3n) is 4.26. The molecule has 2 aliphatic rings. The molecule has 0 bridgehead atoms. The molecule has 0 amide bonds. The number of allylic oxidation sites excluding steroid dienone is 4. The van der Waals surface area contributed by atoms with Gasteiger partial charge in [-0.3, -0.25) is 0 Å². The highest BCUT2D eigenvalue weighted by atomic mass is 16.6. The molecule has 2 aliphatic heterocycles. The zero-order valence-electron chi connectivity index (χ0n) is 13.5. The summed E-state index contributed by atoms with van der Waals surface area (Å²) in [5.74, 6) is 1.73. The smallest absolute Gasteiger partial charge is 0.174 e. The molecule has 0 saturated carbocycles. The number of hydrogen-bond donors (Lipinski definition) is 0. The molecule has 1 saturated heterocycles. The average Bonchev–Trinajstić information content (AvgIpc) is 2.95. The zero-order chi connectivity index (χ0) is 15.2. The molecule has 116 valence electrons. The van der Waals surface area contributed by atoms with Crippen molar-refractivity contribution in [3.63, 3.8) is 0 Å². The van der Waals surface area contributed by atoms with E-state index in [-0.39, 0.29) is 0 Å². The molecule has 0 aromatic carbocycles. The van der Waals surface area contributed by atoms with Gasteiger partial charge in [0.05, 0.1) is 0 Å². The van der Waals surface area contributed by atoms with Crippen molar-refractivity contribution in [1.29, 1.82) is 0 Å². The van der Waals surface area contributed by atoms with Gasteiger partial charge in [0.1, 0.15) is 6.61 Å².